The summed E-state index contributed by atoms with van der Waals surface area (Å²) in [4.78, 5) is 18.1. The van der Waals surface area contributed by atoms with Crippen LogP contribution in [0.4, 0.5) is 0 Å². The number of phosphoric acid groups is 1. The number of ether oxygens (including phenoxy) is 1. The topological polar surface area (TPSA) is 88.0 Å². The van der Waals surface area contributed by atoms with Crippen molar-refractivity contribution in [1.29, 1.82) is 0 Å². The van der Waals surface area contributed by atoms with E-state index < -0.39 is 7.82 Å². The molecule has 3 aromatic carbocycles. The van der Waals surface area contributed by atoms with Crippen LogP contribution in [0.15, 0.2) is 78.9 Å². The first kappa shape index (κ1) is 22.8. The Morgan fingerprint density at radius 3 is 1.90 bits per heavy atom. The lowest BCUT2D eigenvalue weighted by atomic mass is 9.90. The summed E-state index contributed by atoms with van der Waals surface area (Å²) in [7, 11) is -2.72. The lowest BCUT2D eigenvalue weighted by molar-refractivity contribution is 0.283. The molecule has 0 spiro atoms. The van der Waals surface area contributed by atoms with E-state index in [0.717, 1.165) is 40.1 Å². The zero-order chi connectivity index (χ0) is 22.3. The second kappa shape index (κ2) is 10.4. The minimum absolute atomic E-state index is 0.113. The average molecular weight is 439 g/mol. The van der Waals surface area contributed by atoms with Crippen LogP contribution in [-0.2, 0) is 4.57 Å². The van der Waals surface area contributed by atoms with Gasteiger partial charge in [0, 0.05) is 6.54 Å². The van der Waals surface area contributed by atoms with Crippen LogP contribution >= 0.6 is 7.82 Å². The van der Waals surface area contributed by atoms with Crippen LogP contribution in [0.1, 0.15) is 23.6 Å². The van der Waals surface area contributed by atoms with Gasteiger partial charge in [0.25, 0.3) is 0 Å². The van der Waals surface area contributed by atoms with E-state index in [1.54, 1.807) is 24.3 Å². The van der Waals surface area contributed by atoms with E-state index in [-0.39, 0.29) is 5.75 Å². The Balaban J connectivity index is 1.99. The first-order valence-corrected chi connectivity index (χ1v) is 11.4. The van der Waals surface area contributed by atoms with Crippen molar-refractivity contribution in [3.05, 3.63) is 95.6 Å². The van der Waals surface area contributed by atoms with Gasteiger partial charge in [0.1, 0.15) is 18.1 Å². The maximum absolute atomic E-state index is 11.1. The summed E-state index contributed by atoms with van der Waals surface area (Å²) in [6.45, 7) is 3.41. The standard InChI is InChI=1S/C24H26NO5P/c1-18(19-6-4-3-5-7-19)24(20-8-12-22(13-9-20)29-17-16-25-2)21-10-14-23(15-11-21)30-31(26,27)28/h3-15,25H,16-17H2,1-2H3,(H2,26,27,28)/b24-18+. The molecule has 0 unspecified atom stereocenters. The van der Waals surface area contributed by atoms with Crippen LogP contribution in [0.25, 0.3) is 11.1 Å². The van der Waals surface area contributed by atoms with E-state index in [1.807, 2.05) is 49.5 Å². The molecule has 0 fully saturated rings. The quantitative estimate of drug-likeness (QED) is 0.254. The Labute approximate surface area is 182 Å². The third kappa shape index (κ3) is 6.54. The van der Waals surface area contributed by atoms with E-state index in [2.05, 4.69) is 28.9 Å². The number of nitrogens with one attached hydrogen (secondary N) is 1. The average Bonchev–Trinajstić information content (AvgIpc) is 2.76. The first-order chi connectivity index (χ1) is 14.9. The van der Waals surface area contributed by atoms with Crippen LogP contribution in [0.5, 0.6) is 11.5 Å². The van der Waals surface area contributed by atoms with Gasteiger partial charge >= 0.3 is 7.82 Å². The number of hydrogen-bond donors (Lipinski definition) is 3. The van der Waals surface area contributed by atoms with E-state index in [0.29, 0.717) is 6.61 Å². The van der Waals surface area contributed by atoms with Gasteiger partial charge in [-0.25, -0.2) is 4.57 Å². The number of rotatable bonds is 9. The van der Waals surface area contributed by atoms with E-state index in [1.165, 1.54) is 0 Å². The van der Waals surface area contributed by atoms with Crippen molar-refractivity contribution in [2.24, 2.45) is 0 Å². The monoisotopic (exact) mass is 439 g/mol. The molecule has 0 aromatic heterocycles. The number of hydrogen-bond acceptors (Lipinski definition) is 4. The molecule has 0 saturated carbocycles. The lowest BCUT2D eigenvalue weighted by Crippen LogP contribution is -2.15. The molecule has 0 aliphatic heterocycles. The lowest BCUT2D eigenvalue weighted by Gasteiger charge is -2.16. The minimum Gasteiger partial charge on any atom is -0.492 e. The molecule has 3 N–H and O–H groups in total. The second-order valence-electron chi connectivity index (χ2n) is 6.95. The van der Waals surface area contributed by atoms with Gasteiger partial charge in [-0.05, 0) is 66.1 Å². The van der Waals surface area contributed by atoms with Gasteiger partial charge in [-0.1, -0.05) is 54.6 Å². The zero-order valence-corrected chi connectivity index (χ0v) is 18.4. The van der Waals surface area contributed by atoms with Gasteiger partial charge < -0.3 is 14.6 Å². The molecular formula is C24H26NO5P. The molecule has 3 rings (SSSR count). The van der Waals surface area contributed by atoms with Crippen LogP contribution in [0, 0.1) is 0 Å². The summed E-state index contributed by atoms with van der Waals surface area (Å²) in [5.41, 5.74) is 5.08. The Morgan fingerprint density at radius 2 is 1.39 bits per heavy atom. The van der Waals surface area contributed by atoms with Gasteiger partial charge in [-0.2, -0.15) is 0 Å². The molecule has 6 nitrogen and oxygen atoms in total. The third-order valence-electron chi connectivity index (χ3n) is 4.71. The number of benzene rings is 3. The molecule has 0 bridgehead atoms. The van der Waals surface area contributed by atoms with Gasteiger partial charge in [0.15, 0.2) is 0 Å². The van der Waals surface area contributed by atoms with Crippen molar-refractivity contribution in [3.63, 3.8) is 0 Å². The second-order valence-corrected chi connectivity index (χ2v) is 8.11. The Bertz CT molecular complexity index is 1060. The molecule has 0 saturated heterocycles. The molecule has 162 valence electrons. The predicted octanol–water partition coefficient (Wildman–Crippen LogP) is 4.74. The van der Waals surface area contributed by atoms with Gasteiger partial charge in [0.05, 0.1) is 0 Å². The smallest absolute Gasteiger partial charge is 0.492 e. The number of allylic oxidation sites excluding steroid dienone is 1. The van der Waals surface area contributed by atoms with Crippen LogP contribution in [0.2, 0.25) is 0 Å². The summed E-state index contributed by atoms with van der Waals surface area (Å²) in [6.07, 6.45) is 0. The molecule has 0 radical (unpaired) electrons. The summed E-state index contributed by atoms with van der Waals surface area (Å²) < 4.78 is 21.5. The maximum Gasteiger partial charge on any atom is 0.524 e. The fourth-order valence-electron chi connectivity index (χ4n) is 3.24. The van der Waals surface area contributed by atoms with Crippen molar-refractivity contribution in [2.75, 3.05) is 20.2 Å². The van der Waals surface area contributed by atoms with Gasteiger partial charge in [0.2, 0.25) is 0 Å². The van der Waals surface area contributed by atoms with Crippen LogP contribution in [0.3, 0.4) is 0 Å². The molecule has 31 heavy (non-hydrogen) atoms. The largest absolute Gasteiger partial charge is 0.524 e. The first-order valence-electron chi connectivity index (χ1n) is 9.87. The fraction of sp³-hybridized carbons (Fsp3) is 0.167. The molecule has 3 aromatic rings. The van der Waals surface area contributed by atoms with Crippen molar-refractivity contribution in [3.8, 4) is 11.5 Å². The van der Waals surface area contributed by atoms with Crippen molar-refractivity contribution in [2.45, 2.75) is 6.92 Å². The van der Waals surface area contributed by atoms with E-state index in [4.69, 9.17) is 14.5 Å². The number of likely N-dealkylation sites (N-methyl/N-ethyl adjacent to an activating group) is 1. The third-order valence-corrected chi connectivity index (χ3v) is 5.16. The molecular weight excluding hydrogens is 413 g/mol. The summed E-state index contributed by atoms with van der Waals surface area (Å²) in [5.74, 6) is 0.906. The van der Waals surface area contributed by atoms with Crippen molar-refractivity contribution in [1.82, 2.24) is 5.32 Å². The number of phosphoric ester groups is 1. The van der Waals surface area contributed by atoms with E-state index >= 15 is 0 Å². The molecule has 7 heteroatoms. The van der Waals surface area contributed by atoms with Gasteiger partial charge in [-0.3, -0.25) is 9.79 Å². The summed E-state index contributed by atoms with van der Waals surface area (Å²) >= 11 is 0. The highest BCUT2D eigenvalue weighted by atomic mass is 31.2. The molecule has 0 amide bonds. The highest BCUT2D eigenvalue weighted by molar-refractivity contribution is 7.46. The Hall–Kier alpha value is -2.89. The SMILES string of the molecule is CNCCOc1ccc(/C(=C(/C)c2ccccc2)c2ccc(OP(=O)(O)O)cc2)cc1. The maximum atomic E-state index is 11.1. The molecule has 0 aliphatic carbocycles. The van der Waals surface area contributed by atoms with Gasteiger partial charge in [-0.15, -0.1) is 0 Å². The molecule has 0 atom stereocenters. The molecule has 0 aliphatic rings. The van der Waals surface area contributed by atoms with Crippen molar-refractivity contribution >= 4 is 19.0 Å². The zero-order valence-electron chi connectivity index (χ0n) is 17.5. The fourth-order valence-corrected chi connectivity index (χ4v) is 3.64. The molecule has 0 heterocycles. The highest BCUT2D eigenvalue weighted by Gasteiger charge is 2.16. The summed E-state index contributed by atoms with van der Waals surface area (Å²) in [6, 6.07) is 24.7. The van der Waals surface area contributed by atoms with Crippen molar-refractivity contribution < 1.29 is 23.6 Å². The Morgan fingerprint density at radius 1 is 0.839 bits per heavy atom. The summed E-state index contributed by atoms with van der Waals surface area (Å²) in [5, 5.41) is 3.05. The minimum atomic E-state index is -4.60. The van der Waals surface area contributed by atoms with Crippen LogP contribution in [-0.4, -0.2) is 30.0 Å². The Kier molecular flexibility index (Phi) is 7.66. The van der Waals surface area contributed by atoms with E-state index in [9.17, 15) is 4.57 Å². The van der Waals surface area contributed by atoms with Crippen LogP contribution < -0.4 is 14.6 Å². The predicted molar refractivity (Wildman–Crippen MR) is 123 cm³/mol. The highest BCUT2D eigenvalue weighted by Crippen LogP contribution is 2.39. The normalized spacial score (nSPS) is 12.3.